The number of hydrogen-bond acceptors (Lipinski definition) is 15. The lowest BCUT2D eigenvalue weighted by molar-refractivity contribution is -0.154. The van der Waals surface area contributed by atoms with Crippen LogP contribution < -0.4 is 10.6 Å². The molecule has 1 fully saturated rings. The number of nitrogens with zero attached hydrogens (tertiary/aromatic N) is 5. The van der Waals surface area contributed by atoms with Crippen LogP contribution in [0.1, 0.15) is 60.4 Å². The van der Waals surface area contributed by atoms with Crippen molar-refractivity contribution in [3.05, 3.63) is 207 Å². The number of benzene rings is 5. The maximum atomic E-state index is 14.9. The van der Waals surface area contributed by atoms with Gasteiger partial charge in [0.05, 0.1) is 21.6 Å². The predicted molar refractivity (Wildman–Crippen MR) is 277 cm³/mol. The fraction of sp³-hybridized carbons (Fsp3) is 0.192. The average molecular weight is 1040 g/mol. The van der Waals surface area contributed by atoms with Gasteiger partial charge in [-0.3, -0.25) is 29.1 Å². The number of carbonyl (C=O) groups excluding carboxylic acids is 4. The third-order valence-electron chi connectivity index (χ3n) is 11.2. The van der Waals surface area contributed by atoms with Crippen molar-refractivity contribution < 1.29 is 37.7 Å². The maximum absolute atomic E-state index is 14.9. The molecule has 1 unspecified atom stereocenters. The highest BCUT2D eigenvalue weighted by Crippen LogP contribution is 2.43. The number of aromatic nitrogens is 4. The van der Waals surface area contributed by atoms with E-state index in [1.54, 1.807) is 20.8 Å². The first-order valence-corrected chi connectivity index (χ1v) is 26.7. The van der Waals surface area contributed by atoms with E-state index in [2.05, 4.69) is 36.0 Å². The molecular formula is C52H46N8O8S4. The molecular weight excluding hydrogens is 993 g/mol. The Labute approximate surface area is 429 Å². The zero-order valence-electron chi connectivity index (χ0n) is 38.9. The quantitative estimate of drug-likeness (QED) is 0.0149. The molecule has 20 heteroatoms. The maximum Gasteiger partial charge on any atom is 0.413 e. The van der Waals surface area contributed by atoms with Crippen molar-refractivity contribution in [2.45, 2.75) is 54.6 Å². The number of anilines is 1. The van der Waals surface area contributed by atoms with Crippen LogP contribution in [0.3, 0.4) is 0 Å². The van der Waals surface area contributed by atoms with E-state index in [9.17, 15) is 23.4 Å². The van der Waals surface area contributed by atoms with Gasteiger partial charge in [-0.1, -0.05) is 169 Å². The highest BCUT2D eigenvalue weighted by atomic mass is 32.2. The normalized spacial score (nSPS) is 16.9. The van der Waals surface area contributed by atoms with Crippen LogP contribution in [0.4, 0.5) is 9.93 Å². The van der Waals surface area contributed by atoms with Crippen LogP contribution >= 0.6 is 34.9 Å². The first-order valence-electron chi connectivity index (χ1n) is 22.4. The van der Waals surface area contributed by atoms with E-state index in [4.69, 9.17) is 14.3 Å². The van der Waals surface area contributed by atoms with Crippen molar-refractivity contribution in [3.8, 4) is 0 Å². The summed E-state index contributed by atoms with van der Waals surface area (Å²) in [6, 6.07) is 45.2. The van der Waals surface area contributed by atoms with Crippen LogP contribution in [0.2, 0.25) is 0 Å². The van der Waals surface area contributed by atoms with E-state index in [0.717, 1.165) is 16.2 Å². The smallest absolute Gasteiger partial charge is 0.413 e. The fourth-order valence-corrected chi connectivity index (χ4v) is 12.7. The van der Waals surface area contributed by atoms with Gasteiger partial charge in [-0.05, 0) is 31.9 Å². The third-order valence-corrected chi connectivity index (χ3v) is 15.8. The van der Waals surface area contributed by atoms with Crippen LogP contribution in [0.15, 0.2) is 184 Å². The van der Waals surface area contributed by atoms with Gasteiger partial charge in [0.1, 0.15) is 34.7 Å². The first-order chi connectivity index (χ1) is 34.9. The lowest BCUT2D eigenvalue weighted by Crippen LogP contribution is -2.74. The molecule has 0 saturated carbocycles. The van der Waals surface area contributed by atoms with Crippen LogP contribution in [0, 0.1) is 0 Å². The van der Waals surface area contributed by atoms with Crippen molar-refractivity contribution in [2.75, 3.05) is 16.2 Å². The number of nitrogens with one attached hydrogen (secondary N) is 3. The van der Waals surface area contributed by atoms with Crippen molar-refractivity contribution in [1.29, 1.82) is 0 Å². The summed E-state index contributed by atoms with van der Waals surface area (Å²) in [5.41, 5.74) is 0.722. The summed E-state index contributed by atoms with van der Waals surface area (Å²) in [5, 5.41) is 17.9. The molecule has 4 heterocycles. The average Bonchev–Trinajstić information content (AvgIpc) is 4.09. The number of ether oxygens (including phenoxy) is 2. The second kappa shape index (κ2) is 21.9. The largest absolute Gasteiger partial charge is 0.448 e. The number of amides is 3. The Morgan fingerprint density at radius 3 is 1.92 bits per heavy atom. The van der Waals surface area contributed by atoms with E-state index in [-0.39, 0.29) is 28.0 Å². The number of rotatable bonds is 17. The van der Waals surface area contributed by atoms with Crippen molar-refractivity contribution >= 4 is 80.4 Å². The minimum Gasteiger partial charge on any atom is -0.448 e. The molecule has 0 spiro atoms. The van der Waals surface area contributed by atoms with Gasteiger partial charge >= 0.3 is 12.1 Å². The van der Waals surface area contributed by atoms with Crippen molar-refractivity contribution in [3.63, 3.8) is 0 Å². The lowest BCUT2D eigenvalue weighted by atomic mass is 9.80. The number of hydrogen-bond donors (Lipinski definition) is 3. The van der Waals surface area contributed by atoms with Crippen LogP contribution in [0.25, 0.3) is 0 Å². The Hall–Kier alpha value is -7.39. The van der Waals surface area contributed by atoms with E-state index >= 15 is 0 Å². The Morgan fingerprint density at radius 1 is 0.833 bits per heavy atom. The highest BCUT2D eigenvalue weighted by Gasteiger charge is 2.58. The van der Waals surface area contributed by atoms with Gasteiger partial charge in [-0.25, -0.2) is 19.6 Å². The Balaban J connectivity index is 1.07. The zero-order chi connectivity index (χ0) is 50.2. The van der Waals surface area contributed by atoms with Gasteiger partial charge in [0, 0.05) is 27.0 Å². The molecule has 3 atom stereocenters. The summed E-state index contributed by atoms with van der Waals surface area (Å²) in [6.45, 7) is 5.17. The number of thiazole rings is 1. The molecule has 2 aliphatic heterocycles. The second-order valence-corrected chi connectivity index (χ2v) is 21.9. The predicted octanol–water partition coefficient (Wildman–Crippen LogP) is 8.76. The molecule has 2 aromatic heterocycles. The molecule has 72 heavy (non-hydrogen) atoms. The molecule has 7 aromatic rings. The van der Waals surface area contributed by atoms with E-state index in [1.165, 1.54) is 35.2 Å². The fourth-order valence-electron chi connectivity index (χ4n) is 8.05. The SMILES string of the molecule is CC(C)(C)OC(=O)Nc1nc(/C(=N\OC(c2ccccc2)(c2ccccc2)c2ccccc2)C(=O)N[C@@H]2C(=O)N3C(C(=O)OC(c4ccccc4)c4ccccc4)=C(SCSc4ncn[nH]4)CS(=O)[C@H]23)cs1. The summed E-state index contributed by atoms with van der Waals surface area (Å²) in [6.07, 6.45) is -0.256. The minimum atomic E-state index is -1.84. The summed E-state index contributed by atoms with van der Waals surface area (Å²) in [4.78, 5) is 74.1. The van der Waals surface area contributed by atoms with Gasteiger partial charge in [-0.2, -0.15) is 5.10 Å². The second-order valence-electron chi connectivity index (χ2n) is 17.1. The number of β-lactam (4-membered cyclic amide) rings is 1. The monoisotopic (exact) mass is 1040 g/mol. The number of carbonyl (C=O) groups is 4. The topological polar surface area (TPSA) is 207 Å². The Bertz CT molecular complexity index is 2990. The first kappa shape index (κ1) is 49.6. The van der Waals surface area contributed by atoms with Gasteiger partial charge in [-0.15, -0.1) is 23.1 Å². The van der Waals surface area contributed by atoms with Gasteiger partial charge in [0.15, 0.2) is 22.1 Å². The van der Waals surface area contributed by atoms with Crippen LogP contribution in [0.5, 0.6) is 0 Å². The molecule has 5 aromatic carbocycles. The van der Waals surface area contributed by atoms with E-state index in [1.807, 2.05) is 152 Å². The summed E-state index contributed by atoms with van der Waals surface area (Å²) in [7, 11) is -1.84. The number of H-pyrrole nitrogens is 1. The molecule has 9 rings (SSSR count). The van der Waals surface area contributed by atoms with Gasteiger partial charge in [0.2, 0.25) is 5.60 Å². The molecule has 366 valence electrons. The number of fused-ring (bicyclic) bond motifs is 1. The van der Waals surface area contributed by atoms with Gasteiger partial charge < -0.3 is 19.6 Å². The zero-order valence-corrected chi connectivity index (χ0v) is 42.1. The Morgan fingerprint density at radius 2 is 1.39 bits per heavy atom. The van der Waals surface area contributed by atoms with Crippen molar-refractivity contribution in [2.24, 2.45) is 5.16 Å². The van der Waals surface area contributed by atoms with Crippen LogP contribution in [-0.4, -0.2) is 86.7 Å². The van der Waals surface area contributed by atoms with Crippen LogP contribution in [-0.2, 0) is 45.1 Å². The molecule has 0 bridgehead atoms. The third kappa shape index (κ3) is 10.9. The van der Waals surface area contributed by atoms with E-state index in [0.29, 0.717) is 43.0 Å². The lowest BCUT2D eigenvalue weighted by Gasteiger charge is -2.49. The minimum absolute atomic E-state index is 0.0139. The molecule has 0 radical (unpaired) electrons. The molecule has 2 aliphatic rings. The summed E-state index contributed by atoms with van der Waals surface area (Å²) >= 11 is 3.54. The number of thioether (sulfide) groups is 2. The molecule has 3 N–H and O–H groups in total. The molecule has 16 nitrogen and oxygen atoms in total. The highest BCUT2D eigenvalue weighted by molar-refractivity contribution is 8.18. The number of aromatic amines is 1. The molecule has 3 amide bonds. The Kier molecular flexibility index (Phi) is 15.1. The summed E-state index contributed by atoms with van der Waals surface area (Å²) < 4.78 is 26.2. The number of esters is 1. The van der Waals surface area contributed by atoms with E-state index < -0.39 is 63.4 Å². The van der Waals surface area contributed by atoms with Crippen molar-refractivity contribution in [1.82, 2.24) is 30.4 Å². The summed E-state index contributed by atoms with van der Waals surface area (Å²) in [5.74, 6) is -2.56. The number of oxime groups is 1. The van der Waals surface area contributed by atoms with Gasteiger partial charge in [0.25, 0.3) is 11.8 Å². The standard InChI is InChI=1S/C52H46N8O8S4/c1-51(2,3)67-50(64)57-49-55-38(29-69-49)40(59-68-52(35-23-13-6-14-24-35,36-25-15-7-16-26-36)37-27-17-8-18-28-37)44(61)56-41-45(62)60-42(39(30-72(65)46(41)60)70-32-71-48-53-31-54-58-48)47(63)66-43(33-19-9-4-10-20-33)34-21-11-5-12-22-34/h4-29,31,41,43,46H,30,32H2,1-3H3,(H,56,61)(H,53,54,58)(H,55,57,64)/b59-40+/t41-,46-,72?/m1/s1. The molecule has 1 saturated heterocycles. The molecule has 0 aliphatic carbocycles.